The highest BCUT2D eigenvalue weighted by Crippen LogP contribution is 2.37. The Hall–Kier alpha value is -4.98. The molecular weight excluding hydrogens is 551 g/mol. The summed E-state index contributed by atoms with van der Waals surface area (Å²) in [5, 5.41) is 23.2. The average molecular weight is 578 g/mol. The number of anilines is 2. The SMILES string of the molecule is C=CC(=O)N1CCN(c2nc(N3CC(C)(C#N)C3)nc3c(=O)n(-c4cccc(C)c4C(F)(F)F)ncc23)CC1CC#N. The highest BCUT2D eigenvalue weighted by atomic mass is 19.4. The molecule has 2 aliphatic rings. The molecule has 2 aromatic heterocycles. The summed E-state index contributed by atoms with van der Waals surface area (Å²) in [6.07, 6.45) is -2.26. The van der Waals surface area contributed by atoms with Crippen LogP contribution in [-0.4, -0.2) is 69.3 Å². The van der Waals surface area contributed by atoms with E-state index in [2.05, 4.69) is 28.8 Å². The first kappa shape index (κ1) is 28.5. The second-order valence-electron chi connectivity index (χ2n) is 10.7. The number of carbonyl (C=O) groups is 1. The van der Waals surface area contributed by atoms with E-state index in [-0.39, 0.29) is 47.8 Å². The number of alkyl halides is 3. The summed E-state index contributed by atoms with van der Waals surface area (Å²) in [6, 6.07) is 7.73. The minimum Gasteiger partial charge on any atom is -0.352 e. The number of nitrogens with zero attached hydrogens (tertiary/aromatic N) is 9. The Balaban J connectivity index is 1.67. The number of hydrogen-bond donors (Lipinski definition) is 0. The predicted molar refractivity (Wildman–Crippen MR) is 147 cm³/mol. The lowest BCUT2D eigenvalue weighted by Gasteiger charge is -2.44. The summed E-state index contributed by atoms with van der Waals surface area (Å²) in [5.74, 6) is 0.121. The second-order valence-corrected chi connectivity index (χ2v) is 10.7. The molecule has 1 unspecified atom stereocenters. The van der Waals surface area contributed by atoms with E-state index < -0.39 is 34.4 Å². The summed E-state index contributed by atoms with van der Waals surface area (Å²) in [6.45, 7) is 7.95. The monoisotopic (exact) mass is 577 g/mol. The Kier molecular flexibility index (Phi) is 7.10. The third-order valence-electron chi connectivity index (χ3n) is 7.57. The minimum atomic E-state index is -4.74. The van der Waals surface area contributed by atoms with Crippen LogP contribution in [0.4, 0.5) is 24.9 Å². The molecule has 1 amide bonds. The van der Waals surface area contributed by atoms with Gasteiger partial charge in [0.1, 0.15) is 11.3 Å². The smallest absolute Gasteiger partial charge is 0.352 e. The molecule has 14 heteroatoms. The molecule has 2 fully saturated rings. The number of aromatic nitrogens is 4. The zero-order valence-electron chi connectivity index (χ0n) is 22.9. The highest BCUT2D eigenvalue weighted by Gasteiger charge is 2.41. The number of rotatable bonds is 5. The van der Waals surface area contributed by atoms with Crippen molar-refractivity contribution < 1.29 is 18.0 Å². The first-order valence-corrected chi connectivity index (χ1v) is 13.1. The van der Waals surface area contributed by atoms with Crippen LogP contribution in [0.2, 0.25) is 0 Å². The van der Waals surface area contributed by atoms with Gasteiger partial charge in [0.25, 0.3) is 5.56 Å². The molecule has 0 bridgehead atoms. The van der Waals surface area contributed by atoms with Gasteiger partial charge in [-0.25, -0.2) is 4.98 Å². The number of halogens is 3. The van der Waals surface area contributed by atoms with Crippen molar-refractivity contribution in [3.8, 4) is 17.8 Å². The average Bonchev–Trinajstić information content (AvgIpc) is 2.94. The molecule has 216 valence electrons. The van der Waals surface area contributed by atoms with Crippen LogP contribution >= 0.6 is 0 Å². The van der Waals surface area contributed by atoms with Crippen molar-refractivity contribution in [2.45, 2.75) is 32.5 Å². The standard InChI is InChI=1S/C28H26F3N9O2/c1-4-21(41)39-11-10-37(13-18(39)8-9-32)24-19-12-34-40(20-7-5-6-17(2)22(20)28(29,30)31)25(42)23(19)35-26(36-24)38-15-27(3,14-33)16-38/h4-7,12,18H,1,8,10-11,13,15-16H2,2-3H3. The molecule has 1 aromatic carbocycles. The largest absolute Gasteiger partial charge is 0.418 e. The first-order valence-electron chi connectivity index (χ1n) is 13.1. The van der Waals surface area contributed by atoms with Crippen LogP contribution < -0.4 is 15.4 Å². The zero-order valence-corrected chi connectivity index (χ0v) is 22.9. The Labute approximate surface area is 238 Å². The summed E-state index contributed by atoms with van der Waals surface area (Å²) >= 11 is 0. The number of piperazine rings is 1. The van der Waals surface area contributed by atoms with Gasteiger partial charge in [0, 0.05) is 32.7 Å². The third-order valence-corrected chi connectivity index (χ3v) is 7.57. The lowest BCUT2D eigenvalue weighted by Crippen LogP contribution is -2.56. The van der Waals surface area contributed by atoms with Crippen molar-refractivity contribution in [1.82, 2.24) is 24.6 Å². The van der Waals surface area contributed by atoms with Crippen LogP contribution in [0, 0.1) is 35.0 Å². The molecule has 0 aliphatic carbocycles. The van der Waals surface area contributed by atoms with E-state index in [1.165, 1.54) is 37.4 Å². The maximum Gasteiger partial charge on any atom is 0.418 e. The molecular formula is C28H26F3N9O2. The molecule has 0 spiro atoms. The Morgan fingerprint density at radius 2 is 1.95 bits per heavy atom. The number of nitriles is 2. The zero-order chi connectivity index (χ0) is 30.4. The lowest BCUT2D eigenvalue weighted by atomic mass is 9.84. The van der Waals surface area contributed by atoms with Crippen molar-refractivity contribution in [2.24, 2.45) is 5.41 Å². The molecule has 0 saturated carbocycles. The molecule has 0 radical (unpaired) electrons. The van der Waals surface area contributed by atoms with E-state index in [0.29, 0.717) is 30.1 Å². The summed E-state index contributed by atoms with van der Waals surface area (Å²) in [5.41, 5.74) is -3.14. The van der Waals surface area contributed by atoms with Crippen molar-refractivity contribution in [2.75, 3.05) is 42.5 Å². The number of carbonyl (C=O) groups excluding carboxylic acids is 1. The third kappa shape index (κ3) is 4.89. The van der Waals surface area contributed by atoms with E-state index in [4.69, 9.17) is 4.98 Å². The maximum atomic E-state index is 14.0. The topological polar surface area (TPSA) is 135 Å². The molecule has 4 heterocycles. The molecule has 0 N–H and O–H groups in total. The van der Waals surface area contributed by atoms with Crippen LogP contribution in [0.3, 0.4) is 0 Å². The van der Waals surface area contributed by atoms with Crippen molar-refractivity contribution in [1.29, 1.82) is 10.5 Å². The molecule has 2 aliphatic heterocycles. The molecule has 3 aromatic rings. The summed E-state index contributed by atoms with van der Waals surface area (Å²) in [4.78, 5) is 40.5. The van der Waals surface area contributed by atoms with Gasteiger partial charge in [-0.3, -0.25) is 9.59 Å². The van der Waals surface area contributed by atoms with Gasteiger partial charge < -0.3 is 14.7 Å². The fourth-order valence-electron chi connectivity index (χ4n) is 5.49. The maximum absolute atomic E-state index is 14.0. The van der Waals surface area contributed by atoms with Gasteiger partial charge in [-0.15, -0.1) is 0 Å². The van der Waals surface area contributed by atoms with Gasteiger partial charge in [-0.1, -0.05) is 18.7 Å². The van der Waals surface area contributed by atoms with Gasteiger partial charge in [0.05, 0.1) is 52.9 Å². The summed E-state index contributed by atoms with van der Waals surface area (Å²) in [7, 11) is 0. The Bertz CT molecular complexity index is 1730. The normalized spacial score (nSPS) is 18.3. The van der Waals surface area contributed by atoms with E-state index in [1.807, 2.05) is 4.90 Å². The minimum absolute atomic E-state index is 0.0389. The Morgan fingerprint density at radius 1 is 1.21 bits per heavy atom. The first-order chi connectivity index (χ1) is 19.9. The highest BCUT2D eigenvalue weighted by molar-refractivity contribution is 5.90. The van der Waals surface area contributed by atoms with Crippen LogP contribution in [0.1, 0.15) is 24.5 Å². The molecule has 1 atom stereocenters. The van der Waals surface area contributed by atoms with Gasteiger partial charge in [0.2, 0.25) is 11.9 Å². The van der Waals surface area contributed by atoms with Crippen LogP contribution in [0.25, 0.3) is 16.6 Å². The quantitative estimate of drug-likeness (QED) is 0.420. The number of hydrogen-bond acceptors (Lipinski definition) is 9. The van der Waals surface area contributed by atoms with Gasteiger partial charge >= 0.3 is 6.18 Å². The summed E-state index contributed by atoms with van der Waals surface area (Å²) < 4.78 is 42.8. The van der Waals surface area contributed by atoms with E-state index in [1.54, 1.807) is 16.7 Å². The number of amides is 1. The molecule has 11 nitrogen and oxygen atoms in total. The van der Waals surface area contributed by atoms with E-state index in [9.17, 15) is 33.3 Å². The molecule has 5 rings (SSSR count). The van der Waals surface area contributed by atoms with Crippen molar-refractivity contribution in [3.63, 3.8) is 0 Å². The molecule has 42 heavy (non-hydrogen) atoms. The van der Waals surface area contributed by atoms with Crippen LogP contribution in [0.5, 0.6) is 0 Å². The fraction of sp³-hybridized carbons (Fsp3) is 0.393. The van der Waals surface area contributed by atoms with Crippen molar-refractivity contribution in [3.05, 3.63) is 58.5 Å². The predicted octanol–water partition coefficient (Wildman–Crippen LogP) is 2.97. The van der Waals surface area contributed by atoms with Gasteiger partial charge in [0.15, 0.2) is 0 Å². The number of aryl methyl sites for hydroxylation is 1. The fourth-order valence-corrected chi connectivity index (χ4v) is 5.49. The molecule has 2 saturated heterocycles. The second kappa shape index (κ2) is 10.4. The van der Waals surface area contributed by atoms with Gasteiger partial charge in [-0.2, -0.15) is 38.5 Å². The number of fused-ring (bicyclic) bond motifs is 1. The van der Waals surface area contributed by atoms with Crippen LogP contribution in [0.15, 0.2) is 41.8 Å². The van der Waals surface area contributed by atoms with Gasteiger partial charge in [-0.05, 0) is 31.6 Å². The van der Waals surface area contributed by atoms with Crippen molar-refractivity contribution >= 4 is 28.6 Å². The number of benzene rings is 1. The lowest BCUT2D eigenvalue weighted by molar-refractivity contribution is -0.138. The van der Waals surface area contributed by atoms with E-state index in [0.717, 1.165) is 0 Å². The van der Waals surface area contributed by atoms with E-state index >= 15 is 0 Å². The van der Waals surface area contributed by atoms with Crippen LogP contribution in [-0.2, 0) is 11.0 Å². The Morgan fingerprint density at radius 3 is 2.60 bits per heavy atom.